The second kappa shape index (κ2) is 9.41. The van der Waals surface area contributed by atoms with Gasteiger partial charge in [0.25, 0.3) is 11.6 Å². The van der Waals surface area contributed by atoms with E-state index in [4.69, 9.17) is 16.3 Å². The standard InChI is InChI=1S/C19H18ClN3O7S/c20-16-7-6-13(10-17(16)31(28,29)22-8-1-2-9-22)19(25)30-12-18(24)21-14-4-3-5-15(11-14)23(26)27/h3-7,10-11H,1-2,8-9,12H2,(H,21,24). The van der Waals surface area contributed by atoms with Crippen LogP contribution in [0.1, 0.15) is 23.2 Å². The number of benzene rings is 2. The van der Waals surface area contributed by atoms with Crippen LogP contribution in [0.25, 0.3) is 0 Å². The van der Waals surface area contributed by atoms with Crippen LogP contribution in [0.5, 0.6) is 0 Å². The number of nitrogens with one attached hydrogen (secondary N) is 1. The van der Waals surface area contributed by atoms with Gasteiger partial charge in [0, 0.05) is 30.9 Å². The zero-order valence-corrected chi connectivity index (χ0v) is 17.7. The fraction of sp³-hybridized carbons (Fsp3) is 0.263. The van der Waals surface area contributed by atoms with Crippen molar-refractivity contribution < 1.29 is 27.7 Å². The Morgan fingerprint density at radius 1 is 1.16 bits per heavy atom. The Bertz CT molecular complexity index is 1130. The molecule has 1 aliphatic heterocycles. The molecular formula is C19H18ClN3O7S. The molecule has 0 spiro atoms. The van der Waals surface area contributed by atoms with Crippen molar-refractivity contribution in [3.8, 4) is 0 Å². The number of non-ortho nitro benzene ring substituents is 1. The third kappa shape index (κ3) is 5.37. The summed E-state index contributed by atoms with van der Waals surface area (Å²) in [7, 11) is -3.85. The number of carbonyl (C=O) groups is 2. The van der Waals surface area contributed by atoms with Crippen molar-refractivity contribution in [1.82, 2.24) is 4.31 Å². The molecule has 1 amide bonds. The van der Waals surface area contributed by atoms with Gasteiger partial charge in [-0.1, -0.05) is 17.7 Å². The molecule has 10 nitrogen and oxygen atoms in total. The predicted molar refractivity (Wildman–Crippen MR) is 111 cm³/mol. The molecule has 3 rings (SSSR count). The molecule has 1 fully saturated rings. The number of nitro benzene ring substituents is 1. The van der Waals surface area contributed by atoms with Gasteiger partial charge in [0.15, 0.2) is 6.61 Å². The van der Waals surface area contributed by atoms with Gasteiger partial charge in [0.05, 0.1) is 15.5 Å². The summed E-state index contributed by atoms with van der Waals surface area (Å²) in [4.78, 5) is 34.3. The molecule has 12 heteroatoms. The van der Waals surface area contributed by atoms with Gasteiger partial charge in [0.1, 0.15) is 4.90 Å². The summed E-state index contributed by atoms with van der Waals surface area (Å²) < 4.78 is 31.7. The molecule has 31 heavy (non-hydrogen) atoms. The number of ether oxygens (including phenoxy) is 1. The Morgan fingerprint density at radius 3 is 2.55 bits per heavy atom. The van der Waals surface area contributed by atoms with E-state index in [-0.39, 0.29) is 26.9 Å². The van der Waals surface area contributed by atoms with E-state index in [0.29, 0.717) is 13.1 Å². The Morgan fingerprint density at radius 2 is 1.87 bits per heavy atom. The van der Waals surface area contributed by atoms with Gasteiger partial charge in [-0.25, -0.2) is 13.2 Å². The summed E-state index contributed by atoms with van der Waals surface area (Å²) in [6, 6.07) is 8.98. The minimum absolute atomic E-state index is 0.0214. The smallest absolute Gasteiger partial charge is 0.338 e. The number of esters is 1. The number of anilines is 1. The molecule has 0 bridgehead atoms. The molecule has 0 radical (unpaired) electrons. The lowest BCUT2D eigenvalue weighted by molar-refractivity contribution is -0.384. The van der Waals surface area contributed by atoms with Gasteiger partial charge in [-0.15, -0.1) is 0 Å². The molecule has 164 valence electrons. The van der Waals surface area contributed by atoms with Crippen molar-refractivity contribution in [1.29, 1.82) is 0 Å². The first kappa shape index (κ1) is 22.7. The molecule has 1 saturated heterocycles. The van der Waals surface area contributed by atoms with Crippen molar-refractivity contribution in [3.63, 3.8) is 0 Å². The average Bonchev–Trinajstić information content (AvgIpc) is 3.28. The number of halogens is 1. The third-order valence-corrected chi connectivity index (χ3v) is 6.91. The number of amides is 1. The quantitative estimate of drug-likeness (QED) is 0.375. The van der Waals surface area contributed by atoms with E-state index in [9.17, 15) is 28.1 Å². The highest BCUT2D eigenvalue weighted by Gasteiger charge is 2.30. The van der Waals surface area contributed by atoms with Crippen molar-refractivity contribution in [2.24, 2.45) is 0 Å². The fourth-order valence-electron chi connectivity index (χ4n) is 3.00. The number of carbonyl (C=O) groups excluding carboxylic acids is 2. The topological polar surface area (TPSA) is 136 Å². The van der Waals surface area contributed by atoms with Crippen LogP contribution in [0.3, 0.4) is 0 Å². The molecular weight excluding hydrogens is 450 g/mol. The molecule has 0 unspecified atom stereocenters. The molecule has 0 atom stereocenters. The maximum atomic E-state index is 12.8. The lowest BCUT2D eigenvalue weighted by atomic mass is 10.2. The maximum Gasteiger partial charge on any atom is 0.338 e. The third-order valence-electron chi connectivity index (χ3n) is 4.52. The first-order valence-electron chi connectivity index (χ1n) is 9.19. The van der Waals surface area contributed by atoms with Crippen LogP contribution in [-0.2, 0) is 19.6 Å². The Balaban J connectivity index is 1.66. The van der Waals surface area contributed by atoms with E-state index < -0.39 is 33.4 Å². The molecule has 0 aliphatic carbocycles. The predicted octanol–water partition coefficient (Wildman–Crippen LogP) is 2.83. The fourth-order valence-corrected chi connectivity index (χ4v) is 5.02. The summed E-state index contributed by atoms with van der Waals surface area (Å²) in [5.74, 6) is -1.63. The molecule has 0 aromatic heterocycles. The second-order valence-corrected chi connectivity index (χ2v) is 9.00. The van der Waals surface area contributed by atoms with E-state index in [1.54, 1.807) is 0 Å². The molecule has 1 N–H and O–H groups in total. The van der Waals surface area contributed by atoms with Crippen LogP contribution in [0, 0.1) is 10.1 Å². The summed E-state index contributed by atoms with van der Waals surface area (Å²) in [5, 5.41) is 13.1. The van der Waals surface area contributed by atoms with E-state index in [1.807, 2.05) is 0 Å². The summed E-state index contributed by atoms with van der Waals surface area (Å²) in [5.41, 5.74) is -0.117. The first-order chi connectivity index (χ1) is 14.7. The minimum Gasteiger partial charge on any atom is -0.452 e. The highest BCUT2D eigenvalue weighted by Crippen LogP contribution is 2.28. The lowest BCUT2D eigenvalue weighted by Crippen LogP contribution is -2.28. The summed E-state index contributed by atoms with van der Waals surface area (Å²) in [6.07, 6.45) is 1.50. The lowest BCUT2D eigenvalue weighted by Gasteiger charge is -2.17. The van der Waals surface area contributed by atoms with Crippen LogP contribution in [0.15, 0.2) is 47.4 Å². The molecule has 1 aliphatic rings. The van der Waals surface area contributed by atoms with E-state index in [0.717, 1.165) is 25.0 Å². The van der Waals surface area contributed by atoms with E-state index in [2.05, 4.69) is 5.32 Å². The van der Waals surface area contributed by atoms with Gasteiger partial charge in [-0.05, 0) is 37.1 Å². The van der Waals surface area contributed by atoms with Crippen LogP contribution in [0.2, 0.25) is 5.02 Å². The number of rotatable bonds is 7. The van der Waals surface area contributed by atoms with Gasteiger partial charge >= 0.3 is 5.97 Å². The first-order valence-corrected chi connectivity index (χ1v) is 11.0. The second-order valence-electron chi connectivity index (χ2n) is 6.69. The highest BCUT2D eigenvalue weighted by atomic mass is 35.5. The largest absolute Gasteiger partial charge is 0.452 e. The Hall–Kier alpha value is -3.02. The SMILES string of the molecule is O=C(COC(=O)c1ccc(Cl)c(S(=O)(=O)N2CCCC2)c1)Nc1cccc([N+](=O)[O-])c1. The molecule has 1 heterocycles. The van der Waals surface area contributed by atoms with Crippen LogP contribution in [-0.4, -0.2) is 49.2 Å². The van der Waals surface area contributed by atoms with Crippen LogP contribution in [0.4, 0.5) is 11.4 Å². The molecule has 0 saturated carbocycles. The normalized spacial score (nSPS) is 14.2. The number of nitrogens with zero attached hydrogens (tertiary/aromatic N) is 2. The van der Waals surface area contributed by atoms with Crippen molar-refractivity contribution in [2.45, 2.75) is 17.7 Å². The summed E-state index contributed by atoms with van der Waals surface area (Å²) in [6.45, 7) is 0.0919. The molecule has 2 aromatic rings. The average molecular weight is 468 g/mol. The van der Waals surface area contributed by atoms with Gasteiger partial charge in [-0.2, -0.15) is 4.31 Å². The Kier molecular flexibility index (Phi) is 6.88. The van der Waals surface area contributed by atoms with Crippen molar-refractivity contribution in [3.05, 3.63) is 63.2 Å². The van der Waals surface area contributed by atoms with Gasteiger partial charge in [0.2, 0.25) is 10.0 Å². The Labute approximate surface area is 183 Å². The minimum atomic E-state index is -3.85. The zero-order chi connectivity index (χ0) is 22.6. The molecule has 2 aromatic carbocycles. The van der Waals surface area contributed by atoms with Gasteiger partial charge < -0.3 is 10.1 Å². The zero-order valence-electron chi connectivity index (χ0n) is 16.1. The van der Waals surface area contributed by atoms with Crippen molar-refractivity contribution >= 4 is 44.9 Å². The van der Waals surface area contributed by atoms with E-state index in [1.165, 1.54) is 34.6 Å². The van der Waals surface area contributed by atoms with Gasteiger partial charge in [-0.3, -0.25) is 14.9 Å². The van der Waals surface area contributed by atoms with Crippen molar-refractivity contribution in [2.75, 3.05) is 25.0 Å². The van der Waals surface area contributed by atoms with Crippen LogP contribution >= 0.6 is 11.6 Å². The number of hydrogen-bond donors (Lipinski definition) is 1. The maximum absolute atomic E-state index is 12.8. The number of sulfonamides is 1. The number of nitro groups is 1. The van der Waals surface area contributed by atoms with E-state index >= 15 is 0 Å². The van der Waals surface area contributed by atoms with Crippen LogP contribution < -0.4 is 5.32 Å². The highest BCUT2D eigenvalue weighted by molar-refractivity contribution is 7.89. The summed E-state index contributed by atoms with van der Waals surface area (Å²) >= 11 is 6.05. The number of hydrogen-bond acceptors (Lipinski definition) is 7. The monoisotopic (exact) mass is 467 g/mol.